The van der Waals surface area contributed by atoms with Crippen LogP contribution in [-0.4, -0.2) is 43.3 Å². The lowest BCUT2D eigenvalue weighted by atomic mass is 9.82. The average Bonchev–Trinajstić information content (AvgIpc) is 2.84. The van der Waals surface area contributed by atoms with Crippen LogP contribution in [0.15, 0.2) is 36.5 Å². The summed E-state index contributed by atoms with van der Waals surface area (Å²) in [6.45, 7) is 5.18. The number of rotatable bonds is 5. The highest BCUT2D eigenvalue weighted by Crippen LogP contribution is 2.39. The predicted octanol–water partition coefficient (Wildman–Crippen LogP) is 5.44. The van der Waals surface area contributed by atoms with Gasteiger partial charge in [-0.25, -0.2) is 18.7 Å². The number of halogens is 2. The molecule has 1 aliphatic carbocycles. The van der Waals surface area contributed by atoms with E-state index in [1.54, 1.807) is 6.07 Å². The van der Waals surface area contributed by atoms with Crippen molar-refractivity contribution in [2.45, 2.75) is 45.6 Å². The minimum absolute atomic E-state index is 0.137. The Morgan fingerprint density at radius 1 is 1.11 bits per heavy atom. The number of fused-ring (bicyclic) bond motifs is 2. The van der Waals surface area contributed by atoms with Crippen LogP contribution in [0.4, 0.5) is 20.2 Å². The predicted molar refractivity (Wildman–Crippen MR) is 135 cm³/mol. The van der Waals surface area contributed by atoms with E-state index in [1.807, 2.05) is 13.8 Å². The SMILES string of the molecule is CC(C)N1CCOc2c(F)cc(-c3nc(CC4CCc5cc(N(C)C)ccc5C4)ncc3F)cc21. The molecule has 7 heteroatoms. The van der Waals surface area contributed by atoms with Gasteiger partial charge in [-0.1, -0.05) is 6.07 Å². The Bertz CT molecular complexity index is 1240. The molecule has 0 saturated carbocycles. The van der Waals surface area contributed by atoms with Gasteiger partial charge >= 0.3 is 0 Å². The van der Waals surface area contributed by atoms with Gasteiger partial charge in [0.05, 0.1) is 18.4 Å². The van der Waals surface area contributed by atoms with Crippen LogP contribution in [-0.2, 0) is 19.3 Å². The molecular weight excluding hydrogens is 446 g/mol. The second kappa shape index (κ2) is 9.44. The van der Waals surface area contributed by atoms with Gasteiger partial charge in [0.2, 0.25) is 0 Å². The molecule has 3 aromatic rings. The molecule has 2 heterocycles. The third-order valence-corrected chi connectivity index (χ3v) is 7.11. The molecule has 0 saturated heterocycles. The Hall–Kier alpha value is -3.22. The summed E-state index contributed by atoms with van der Waals surface area (Å²) >= 11 is 0. The number of aromatic nitrogens is 2. The Balaban J connectivity index is 1.40. The van der Waals surface area contributed by atoms with E-state index in [2.05, 4.69) is 52.1 Å². The first-order valence-electron chi connectivity index (χ1n) is 12.3. The third kappa shape index (κ3) is 4.68. The molecule has 5 rings (SSSR count). The monoisotopic (exact) mass is 478 g/mol. The molecular formula is C28H32F2N4O. The van der Waals surface area contributed by atoms with Crippen LogP contribution in [0.2, 0.25) is 0 Å². The Morgan fingerprint density at radius 3 is 2.71 bits per heavy atom. The molecule has 5 nitrogen and oxygen atoms in total. The van der Waals surface area contributed by atoms with E-state index in [0.717, 1.165) is 19.3 Å². The molecule has 0 N–H and O–H groups in total. The average molecular weight is 479 g/mol. The van der Waals surface area contributed by atoms with E-state index in [1.165, 1.54) is 29.1 Å². The van der Waals surface area contributed by atoms with Gasteiger partial charge in [-0.3, -0.25) is 0 Å². The highest BCUT2D eigenvalue weighted by Gasteiger charge is 2.26. The fourth-order valence-corrected chi connectivity index (χ4v) is 5.21. The second-order valence-electron chi connectivity index (χ2n) is 10.1. The highest BCUT2D eigenvalue weighted by atomic mass is 19.1. The maximum atomic E-state index is 15.0. The lowest BCUT2D eigenvalue weighted by molar-refractivity contribution is 0.287. The molecule has 2 aliphatic rings. The first-order chi connectivity index (χ1) is 16.8. The van der Waals surface area contributed by atoms with Crippen molar-refractivity contribution in [3.05, 3.63) is 65.1 Å². The zero-order chi connectivity index (χ0) is 24.7. The van der Waals surface area contributed by atoms with Crippen LogP contribution in [0.5, 0.6) is 5.75 Å². The summed E-state index contributed by atoms with van der Waals surface area (Å²) in [5, 5.41) is 0. The molecule has 1 aromatic heterocycles. The van der Waals surface area contributed by atoms with E-state index in [4.69, 9.17) is 4.74 Å². The van der Waals surface area contributed by atoms with Gasteiger partial charge in [-0.15, -0.1) is 0 Å². The number of aryl methyl sites for hydroxylation is 1. The summed E-state index contributed by atoms with van der Waals surface area (Å²) in [4.78, 5) is 13.1. The molecule has 0 bridgehead atoms. The summed E-state index contributed by atoms with van der Waals surface area (Å²) in [7, 11) is 4.11. The van der Waals surface area contributed by atoms with Crippen molar-refractivity contribution >= 4 is 11.4 Å². The van der Waals surface area contributed by atoms with Gasteiger partial charge in [0, 0.05) is 37.8 Å². The number of anilines is 2. The van der Waals surface area contributed by atoms with Crippen LogP contribution in [0.25, 0.3) is 11.3 Å². The first-order valence-corrected chi connectivity index (χ1v) is 12.3. The molecule has 0 fully saturated rings. The number of hydrogen-bond acceptors (Lipinski definition) is 5. The molecule has 35 heavy (non-hydrogen) atoms. The molecule has 184 valence electrons. The first kappa shape index (κ1) is 23.5. The van der Waals surface area contributed by atoms with Crippen molar-refractivity contribution in [1.82, 2.24) is 9.97 Å². The smallest absolute Gasteiger partial charge is 0.178 e. The van der Waals surface area contributed by atoms with Crippen molar-refractivity contribution in [3.8, 4) is 17.0 Å². The van der Waals surface area contributed by atoms with Gasteiger partial charge in [0.25, 0.3) is 0 Å². The van der Waals surface area contributed by atoms with E-state index < -0.39 is 11.6 Å². The lowest BCUT2D eigenvalue weighted by Gasteiger charge is -2.34. The van der Waals surface area contributed by atoms with Gasteiger partial charge < -0.3 is 14.5 Å². The fraction of sp³-hybridized carbons (Fsp3) is 0.429. The highest BCUT2D eigenvalue weighted by molar-refractivity contribution is 5.72. The van der Waals surface area contributed by atoms with Crippen molar-refractivity contribution in [3.63, 3.8) is 0 Å². The number of benzene rings is 2. The molecule has 1 atom stereocenters. The Kier molecular flexibility index (Phi) is 6.34. The summed E-state index contributed by atoms with van der Waals surface area (Å²) in [6, 6.07) is 9.91. The zero-order valence-electron chi connectivity index (χ0n) is 20.8. The van der Waals surface area contributed by atoms with Crippen molar-refractivity contribution in [1.29, 1.82) is 0 Å². The largest absolute Gasteiger partial charge is 0.486 e. The van der Waals surface area contributed by atoms with Crippen LogP contribution in [0.3, 0.4) is 0 Å². The summed E-state index contributed by atoms with van der Waals surface area (Å²) in [5.74, 6) is 0.155. The normalized spacial score (nSPS) is 17.1. The van der Waals surface area contributed by atoms with Gasteiger partial charge in [0.1, 0.15) is 18.1 Å². The number of nitrogens with zero attached hydrogens (tertiary/aromatic N) is 4. The van der Waals surface area contributed by atoms with Gasteiger partial charge in [0.15, 0.2) is 17.4 Å². The Labute approximate surface area is 205 Å². The second-order valence-corrected chi connectivity index (χ2v) is 10.1. The molecule has 0 spiro atoms. The topological polar surface area (TPSA) is 41.5 Å². The minimum Gasteiger partial charge on any atom is -0.486 e. The molecule has 2 aromatic carbocycles. The zero-order valence-corrected chi connectivity index (χ0v) is 20.8. The summed E-state index contributed by atoms with van der Waals surface area (Å²) in [6.07, 6.45) is 4.88. The molecule has 0 radical (unpaired) electrons. The Morgan fingerprint density at radius 2 is 1.94 bits per heavy atom. The van der Waals surface area contributed by atoms with Crippen LogP contribution >= 0.6 is 0 Å². The number of ether oxygens (including phenoxy) is 1. The maximum Gasteiger partial charge on any atom is 0.178 e. The van der Waals surface area contributed by atoms with Crippen molar-refractivity contribution < 1.29 is 13.5 Å². The van der Waals surface area contributed by atoms with Crippen molar-refractivity contribution in [2.75, 3.05) is 37.0 Å². The number of hydrogen-bond donors (Lipinski definition) is 0. The van der Waals surface area contributed by atoms with Gasteiger partial charge in [-0.05, 0) is 74.4 Å². The van der Waals surface area contributed by atoms with Gasteiger partial charge in [-0.2, -0.15) is 0 Å². The van der Waals surface area contributed by atoms with E-state index in [-0.39, 0.29) is 17.5 Å². The van der Waals surface area contributed by atoms with Crippen LogP contribution in [0.1, 0.15) is 37.2 Å². The van der Waals surface area contributed by atoms with Crippen LogP contribution in [0, 0.1) is 17.6 Å². The standard InChI is InChI=1S/C28H32F2N4O/c1-17(2)34-9-10-35-28-23(29)14-21(15-25(28)34)27-24(30)16-31-26(32-27)12-18-5-6-20-13-22(33(3)4)8-7-19(20)11-18/h7-8,13-18H,5-6,9-12H2,1-4H3. The quantitative estimate of drug-likeness (QED) is 0.488. The maximum absolute atomic E-state index is 15.0. The van der Waals surface area contributed by atoms with E-state index >= 15 is 0 Å². The fourth-order valence-electron chi connectivity index (χ4n) is 5.21. The summed E-state index contributed by atoms with van der Waals surface area (Å²) < 4.78 is 35.4. The van der Waals surface area contributed by atoms with E-state index in [9.17, 15) is 8.78 Å². The molecule has 0 amide bonds. The minimum atomic E-state index is -0.550. The third-order valence-electron chi connectivity index (χ3n) is 7.11. The summed E-state index contributed by atoms with van der Waals surface area (Å²) in [5.41, 5.74) is 5.16. The van der Waals surface area contributed by atoms with Crippen LogP contribution < -0.4 is 14.5 Å². The lowest BCUT2D eigenvalue weighted by Crippen LogP contribution is -2.38. The molecule has 1 aliphatic heterocycles. The van der Waals surface area contributed by atoms with E-state index in [0.29, 0.717) is 42.6 Å². The molecule has 1 unspecified atom stereocenters. The van der Waals surface area contributed by atoms with Crippen molar-refractivity contribution in [2.24, 2.45) is 5.92 Å².